The van der Waals surface area contributed by atoms with Crippen molar-refractivity contribution in [2.75, 3.05) is 0 Å². The second-order valence-corrected chi connectivity index (χ2v) is 4.65. The molecule has 1 rings (SSSR count). The molecule has 0 fully saturated rings. The maximum Gasteiger partial charge on any atom is 0.422 e. The summed E-state index contributed by atoms with van der Waals surface area (Å²) in [6, 6.07) is 4.78. The maximum atomic E-state index is 12.8. The van der Waals surface area contributed by atoms with Gasteiger partial charge in [-0.1, -0.05) is 18.2 Å². The van der Waals surface area contributed by atoms with Crippen molar-refractivity contribution in [3.8, 4) is 0 Å². The van der Waals surface area contributed by atoms with Crippen molar-refractivity contribution >= 4 is 11.9 Å². The first-order valence-electron chi connectivity index (χ1n) is 5.69. The van der Waals surface area contributed by atoms with Gasteiger partial charge in [0, 0.05) is 5.56 Å². The lowest BCUT2D eigenvalue weighted by molar-refractivity contribution is -0.203. The van der Waals surface area contributed by atoms with Gasteiger partial charge in [-0.2, -0.15) is 13.2 Å². The summed E-state index contributed by atoms with van der Waals surface area (Å²) >= 11 is 0. The number of hydrogen-bond acceptors (Lipinski definition) is 2. The zero-order valence-electron chi connectivity index (χ0n) is 11.1. The molecule has 1 unspecified atom stereocenters. The summed E-state index contributed by atoms with van der Waals surface area (Å²) in [5.41, 5.74) is -2.35. The summed E-state index contributed by atoms with van der Waals surface area (Å²) in [6.45, 7) is 3.54. The number of aryl methyl sites for hydroxylation is 2. The van der Waals surface area contributed by atoms with Gasteiger partial charge < -0.3 is 10.4 Å². The highest BCUT2D eigenvalue weighted by atomic mass is 19.4. The van der Waals surface area contributed by atoms with E-state index in [-0.39, 0.29) is 5.56 Å². The molecule has 1 amide bonds. The maximum absolute atomic E-state index is 12.8. The molecule has 110 valence electrons. The van der Waals surface area contributed by atoms with Crippen molar-refractivity contribution in [3.05, 3.63) is 34.9 Å². The van der Waals surface area contributed by atoms with Crippen molar-refractivity contribution < 1.29 is 27.9 Å². The first kappa shape index (κ1) is 16.0. The number of carbonyl (C=O) groups is 2. The number of amides is 1. The average Bonchev–Trinajstić information content (AvgIpc) is 2.26. The number of carbonyl (C=O) groups excluding carboxylic acids is 1. The molecule has 4 nitrogen and oxygen atoms in total. The quantitative estimate of drug-likeness (QED) is 0.898. The summed E-state index contributed by atoms with van der Waals surface area (Å²) in [5, 5.41) is 10.3. The zero-order chi connectivity index (χ0) is 15.7. The third-order valence-electron chi connectivity index (χ3n) is 3.07. The number of carboxylic acid groups (broad SMARTS) is 1. The van der Waals surface area contributed by atoms with Gasteiger partial charge in [-0.15, -0.1) is 0 Å². The lowest BCUT2D eigenvalue weighted by Gasteiger charge is -2.29. The number of aliphatic carboxylic acids is 1. The lowest BCUT2D eigenvalue weighted by atomic mass is 9.98. The number of hydrogen-bond donors (Lipinski definition) is 2. The summed E-state index contributed by atoms with van der Waals surface area (Å²) in [5.74, 6) is -3.23. The van der Waals surface area contributed by atoms with Crippen LogP contribution in [0.3, 0.4) is 0 Å². The van der Waals surface area contributed by atoms with Crippen LogP contribution in [0.25, 0.3) is 0 Å². The second-order valence-electron chi connectivity index (χ2n) is 4.65. The van der Waals surface area contributed by atoms with Gasteiger partial charge in [-0.25, -0.2) is 4.79 Å². The predicted molar refractivity (Wildman–Crippen MR) is 65.5 cm³/mol. The Kier molecular flexibility index (Phi) is 4.12. The summed E-state index contributed by atoms with van der Waals surface area (Å²) in [7, 11) is 0. The number of carboxylic acids is 1. The van der Waals surface area contributed by atoms with Crippen LogP contribution >= 0.6 is 0 Å². The van der Waals surface area contributed by atoms with Crippen molar-refractivity contribution in [3.63, 3.8) is 0 Å². The Labute approximate surface area is 113 Å². The number of halogens is 3. The van der Waals surface area contributed by atoms with Gasteiger partial charge in [0.05, 0.1) is 0 Å². The highest BCUT2D eigenvalue weighted by Crippen LogP contribution is 2.31. The molecule has 0 saturated carbocycles. The van der Waals surface area contributed by atoms with Crippen LogP contribution in [0.2, 0.25) is 0 Å². The molecule has 0 bridgehead atoms. The number of alkyl halides is 3. The van der Waals surface area contributed by atoms with Crippen LogP contribution in [0, 0.1) is 13.8 Å². The van der Waals surface area contributed by atoms with Crippen LogP contribution in [0.1, 0.15) is 28.4 Å². The smallest absolute Gasteiger partial charge is 0.422 e. The molecule has 0 radical (unpaired) electrons. The van der Waals surface area contributed by atoms with E-state index >= 15 is 0 Å². The first-order chi connectivity index (χ1) is 9.00. The van der Waals surface area contributed by atoms with E-state index in [2.05, 4.69) is 0 Å². The SMILES string of the molecule is Cc1cccc(C)c1C(=O)NC(C)(C(=O)O)C(F)(F)F. The molecule has 1 aromatic carbocycles. The van der Waals surface area contributed by atoms with E-state index in [9.17, 15) is 22.8 Å². The molecule has 0 saturated heterocycles. The van der Waals surface area contributed by atoms with Gasteiger partial charge >= 0.3 is 12.1 Å². The van der Waals surface area contributed by atoms with Gasteiger partial charge in [-0.05, 0) is 31.9 Å². The molecule has 0 aliphatic heterocycles. The predicted octanol–water partition coefficient (Wildman–Crippen LogP) is 2.44. The molecule has 0 spiro atoms. The van der Waals surface area contributed by atoms with E-state index in [1.165, 1.54) is 0 Å². The van der Waals surface area contributed by atoms with Crippen LogP contribution in [0.5, 0.6) is 0 Å². The van der Waals surface area contributed by atoms with Gasteiger partial charge in [0.25, 0.3) is 5.91 Å². The Morgan fingerprint density at radius 2 is 1.60 bits per heavy atom. The number of nitrogens with one attached hydrogen (secondary N) is 1. The fourth-order valence-corrected chi connectivity index (χ4v) is 1.71. The molecular formula is C13H14F3NO3. The highest BCUT2D eigenvalue weighted by Gasteiger charge is 2.58. The van der Waals surface area contributed by atoms with Crippen LogP contribution in [0.4, 0.5) is 13.2 Å². The van der Waals surface area contributed by atoms with Crippen LogP contribution in [-0.4, -0.2) is 28.7 Å². The van der Waals surface area contributed by atoms with Crippen molar-refractivity contribution in [1.29, 1.82) is 0 Å². The molecule has 2 N–H and O–H groups in total. The van der Waals surface area contributed by atoms with Gasteiger partial charge in [0.1, 0.15) is 0 Å². The largest absolute Gasteiger partial charge is 0.479 e. The first-order valence-corrected chi connectivity index (χ1v) is 5.69. The zero-order valence-corrected chi connectivity index (χ0v) is 11.1. The third-order valence-corrected chi connectivity index (χ3v) is 3.07. The van der Waals surface area contributed by atoms with Crippen molar-refractivity contribution in [1.82, 2.24) is 5.32 Å². The van der Waals surface area contributed by atoms with Crippen LogP contribution < -0.4 is 5.32 Å². The molecule has 0 aromatic heterocycles. The Morgan fingerprint density at radius 1 is 1.15 bits per heavy atom. The van der Waals surface area contributed by atoms with Crippen molar-refractivity contribution in [2.24, 2.45) is 0 Å². The van der Waals surface area contributed by atoms with Gasteiger partial charge in [0.2, 0.25) is 5.54 Å². The molecule has 1 aromatic rings. The summed E-state index contributed by atoms with van der Waals surface area (Å²) < 4.78 is 38.5. The Balaban J connectivity index is 3.20. The van der Waals surface area contributed by atoms with E-state index < -0.39 is 23.6 Å². The molecule has 0 aliphatic carbocycles. The Morgan fingerprint density at radius 3 is 1.95 bits per heavy atom. The van der Waals surface area contributed by atoms with Crippen molar-refractivity contribution in [2.45, 2.75) is 32.5 Å². The standard InChI is InChI=1S/C13H14F3NO3/c1-7-5-4-6-8(2)9(7)10(18)17-12(3,11(19)20)13(14,15)16/h4-6H,1-3H3,(H,17,18)(H,19,20). The molecule has 0 heterocycles. The lowest BCUT2D eigenvalue weighted by Crippen LogP contribution is -2.62. The third kappa shape index (κ3) is 2.76. The van der Waals surface area contributed by atoms with E-state index in [4.69, 9.17) is 5.11 Å². The number of rotatable bonds is 3. The molecular weight excluding hydrogens is 275 g/mol. The molecule has 7 heteroatoms. The summed E-state index contributed by atoms with van der Waals surface area (Å²) in [6.07, 6.45) is -5.11. The van der Waals surface area contributed by atoms with Crippen LogP contribution in [0.15, 0.2) is 18.2 Å². The van der Waals surface area contributed by atoms with Gasteiger partial charge in [0.15, 0.2) is 0 Å². The number of benzene rings is 1. The molecule has 20 heavy (non-hydrogen) atoms. The minimum atomic E-state index is -5.11. The van der Waals surface area contributed by atoms with Crippen LogP contribution in [-0.2, 0) is 4.79 Å². The topological polar surface area (TPSA) is 66.4 Å². The van der Waals surface area contributed by atoms with E-state index in [1.807, 2.05) is 0 Å². The van der Waals surface area contributed by atoms with E-state index in [0.717, 1.165) is 0 Å². The fourth-order valence-electron chi connectivity index (χ4n) is 1.71. The molecule has 1 atom stereocenters. The monoisotopic (exact) mass is 289 g/mol. The Hall–Kier alpha value is -2.05. The average molecular weight is 289 g/mol. The highest BCUT2D eigenvalue weighted by molar-refractivity contribution is 6.00. The summed E-state index contributed by atoms with van der Waals surface area (Å²) in [4.78, 5) is 22.8. The fraction of sp³-hybridized carbons (Fsp3) is 0.385. The minimum Gasteiger partial charge on any atom is -0.479 e. The van der Waals surface area contributed by atoms with Gasteiger partial charge in [-0.3, -0.25) is 4.79 Å². The van der Waals surface area contributed by atoms with E-state index in [0.29, 0.717) is 18.1 Å². The second kappa shape index (κ2) is 5.15. The Bertz CT molecular complexity index is 534. The minimum absolute atomic E-state index is 0.0456. The molecule has 0 aliphatic rings. The van der Waals surface area contributed by atoms with E-state index in [1.54, 1.807) is 37.4 Å². The normalized spacial score (nSPS) is 14.5.